The van der Waals surface area contributed by atoms with Crippen molar-refractivity contribution in [3.05, 3.63) is 35.1 Å². The van der Waals surface area contributed by atoms with E-state index in [1.165, 1.54) is 12.1 Å². The Hall–Kier alpha value is -1.95. The molecule has 0 heterocycles. The average molecular weight is 226 g/mol. The Kier molecular flexibility index (Phi) is 3.96. The molecule has 6 heteroatoms. The van der Waals surface area contributed by atoms with Gasteiger partial charge in [-0.1, -0.05) is 0 Å². The molecule has 0 radical (unpaired) electrons. The molecule has 86 valence electrons. The fourth-order valence-corrected chi connectivity index (χ4v) is 1.11. The van der Waals surface area contributed by atoms with Gasteiger partial charge in [0.1, 0.15) is 5.82 Å². The summed E-state index contributed by atoms with van der Waals surface area (Å²) in [7, 11) is 0. The highest BCUT2D eigenvalue weighted by Gasteiger charge is 2.09. The summed E-state index contributed by atoms with van der Waals surface area (Å²) in [5.74, 6) is -1.68. The van der Waals surface area contributed by atoms with Crippen molar-refractivity contribution >= 4 is 11.8 Å². The summed E-state index contributed by atoms with van der Waals surface area (Å²) in [5, 5.41) is 0. The molecule has 2 amide bonds. The molecule has 0 atom stereocenters. The third-order valence-corrected chi connectivity index (χ3v) is 1.81. The first-order chi connectivity index (χ1) is 7.50. The molecule has 0 aliphatic rings. The topological polar surface area (TPSA) is 81.4 Å². The van der Waals surface area contributed by atoms with Crippen molar-refractivity contribution in [1.29, 1.82) is 0 Å². The van der Waals surface area contributed by atoms with Gasteiger partial charge < -0.3 is 5.73 Å². The number of amides is 2. The van der Waals surface area contributed by atoms with Crippen LogP contribution in [0, 0.1) is 12.7 Å². The molecule has 3 N–H and O–H groups in total. The van der Waals surface area contributed by atoms with Crippen LogP contribution in [0.2, 0.25) is 0 Å². The highest BCUT2D eigenvalue weighted by molar-refractivity contribution is 5.94. The minimum absolute atomic E-state index is 0.269. The van der Waals surface area contributed by atoms with Gasteiger partial charge in [-0.3, -0.25) is 14.4 Å². The average Bonchev–Trinajstić information content (AvgIpc) is 2.16. The van der Waals surface area contributed by atoms with E-state index < -0.39 is 24.2 Å². The summed E-state index contributed by atoms with van der Waals surface area (Å²) in [4.78, 5) is 26.3. The second-order valence-corrected chi connectivity index (χ2v) is 3.15. The summed E-state index contributed by atoms with van der Waals surface area (Å²) in [6, 6.07) is 3.71. The van der Waals surface area contributed by atoms with Crippen LogP contribution < -0.4 is 11.2 Å². The summed E-state index contributed by atoms with van der Waals surface area (Å²) in [6.07, 6.45) is 0. The summed E-state index contributed by atoms with van der Waals surface area (Å²) < 4.78 is 12.7. The number of aryl methyl sites for hydroxylation is 1. The number of carbonyl (C=O) groups excluding carboxylic acids is 2. The van der Waals surface area contributed by atoms with Crippen LogP contribution in [-0.2, 0) is 9.63 Å². The molecule has 0 unspecified atom stereocenters. The van der Waals surface area contributed by atoms with Crippen LogP contribution in [0.5, 0.6) is 0 Å². The molecule has 0 saturated carbocycles. The molecule has 0 fully saturated rings. The lowest BCUT2D eigenvalue weighted by atomic mass is 10.1. The van der Waals surface area contributed by atoms with Crippen molar-refractivity contribution < 1.29 is 18.8 Å². The molecular formula is C10H11FN2O3. The summed E-state index contributed by atoms with van der Waals surface area (Å²) >= 11 is 0. The predicted molar refractivity (Wildman–Crippen MR) is 53.7 cm³/mol. The zero-order chi connectivity index (χ0) is 12.1. The van der Waals surface area contributed by atoms with Crippen LogP contribution in [0.1, 0.15) is 15.9 Å². The number of nitrogens with two attached hydrogens (primary N) is 1. The molecule has 1 rings (SSSR count). The van der Waals surface area contributed by atoms with Gasteiger partial charge in [0.05, 0.1) is 0 Å². The second kappa shape index (κ2) is 5.22. The Bertz CT molecular complexity index is 421. The summed E-state index contributed by atoms with van der Waals surface area (Å²) in [6.45, 7) is 1.18. The standard InChI is InChI=1S/C10H11FN2O3/c1-6-4-7(11)2-3-8(6)10(15)13-16-5-9(12)14/h2-4H,5H2,1H3,(H2,12,14)(H,13,15). The second-order valence-electron chi connectivity index (χ2n) is 3.15. The van der Waals surface area contributed by atoms with E-state index in [4.69, 9.17) is 5.73 Å². The Morgan fingerprint density at radius 1 is 1.50 bits per heavy atom. The Morgan fingerprint density at radius 2 is 2.19 bits per heavy atom. The lowest BCUT2D eigenvalue weighted by Gasteiger charge is -2.06. The van der Waals surface area contributed by atoms with E-state index in [1.54, 1.807) is 6.92 Å². The van der Waals surface area contributed by atoms with Crippen LogP contribution >= 0.6 is 0 Å². The normalized spacial score (nSPS) is 9.88. The maximum atomic E-state index is 12.7. The Balaban J connectivity index is 2.63. The van der Waals surface area contributed by atoms with E-state index >= 15 is 0 Å². The van der Waals surface area contributed by atoms with E-state index in [2.05, 4.69) is 4.84 Å². The third-order valence-electron chi connectivity index (χ3n) is 1.81. The van der Waals surface area contributed by atoms with Crippen LogP contribution in [-0.4, -0.2) is 18.4 Å². The highest BCUT2D eigenvalue weighted by Crippen LogP contribution is 2.09. The molecule has 1 aromatic rings. The van der Waals surface area contributed by atoms with Crippen molar-refractivity contribution in [1.82, 2.24) is 5.48 Å². The van der Waals surface area contributed by atoms with Crippen LogP contribution in [0.3, 0.4) is 0 Å². The number of nitrogens with one attached hydrogen (secondary N) is 1. The smallest absolute Gasteiger partial charge is 0.275 e. The zero-order valence-electron chi connectivity index (χ0n) is 8.62. The molecule has 5 nitrogen and oxygen atoms in total. The molecule has 0 aliphatic heterocycles. The van der Waals surface area contributed by atoms with Crippen molar-refractivity contribution in [3.63, 3.8) is 0 Å². The molecule has 0 bridgehead atoms. The van der Waals surface area contributed by atoms with E-state index in [0.29, 0.717) is 5.56 Å². The monoisotopic (exact) mass is 226 g/mol. The van der Waals surface area contributed by atoms with Crippen LogP contribution in [0.4, 0.5) is 4.39 Å². The number of rotatable bonds is 4. The Labute approximate surface area is 91.3 Å². The SMILES string of the molecule is Cc1cc(F)ccc1C(=O)NOCC(N)=O. The molecule has 0 spiro atoms. The molecular weight excluding hydrogens is 215 g/mol. The number of hydrogen-bond donors (Lipinski definition) is 2. The van der Waals surface area contributed by atoms with Crippen molar-refractivity contribution in [3.8, 4) is 0 Å². The first-order valence-electron chi connectivity index (χ1n) is 4.47. The lowest BCUT2D eigenvalue weighted by Crippen LogP contribution is -2.29. The fourth-order valence-electron chi connectivity index (χ4n) is 1.11. The zero-order valence-corrected chi connectivity index (χ0v) is 8.62. The van der Waals surface area contributed by atoms with Gasteiger partial charge in [0.2, 0.25) is 5.91 Å². The first kappa shape index (κ1) is 12.1. The first-order valence-corrected chi connectivity index (χ1v) is 4.47. The Morgan fingerprint density at radius 3 is 2.75 bits per heavy atom. The summed E-state index contributed by atoms with van der Waals surface area (Å²) in [5.41, 5.74) is 7.57. The van der Waals surface area contributed by atoms with Gasteiger partial charge in [-0.2, -0.15) is 0 Å². The van der Waals surface area contributed by atoms with E-state index in [9.17, 15) is 14.0 Å². The predicted octanol–water partition coefficient (Wildman–Crippen LogP) is 0.281. The van der Waals surface area contributed by atoms with E-state index in [0.717, 1.165) is 6.07 Å². The minimum atomic E-state index is -0.698. The lowest BCUT2D eigenvalue weighted by molar-refractivity contribution is -0.124. The maximum Gasteiger partial charge on any atom is 0.275 e. The van der Waals surface area contributed by atoms with E-state index in [-0.39, 0.29) is 5.56 Å². The number of hydrogen-bond acceptors (Lipinski definition) is 3. The largest absolute Gasteiger partial charge is 0.368 e. The van der Waals surface area contributed by atoms with Crippen LogP contribution in [0.15, 0.2) is 18.2 Å². The van der Waals surface area contributed by atoms with Gasteiger partial charge in [0, 0.05) is 5.56 Å². The van der Waals surface area contributed by atoms with Gasteiger partial charge >= 0.3 is 0 Å². The number of hydroxylamine groups is 1. The molecule has 0 aromatic heterocycles. The highest BCUT2D eigenvalue weighted by atomic mass is 19.1. The maximum absolute atomic E-state index is 12.7. The molecule has 16 heavy (non-hydrogen) atoms. The van der Waals surface area contributed by atoms with Crippen molar-refractivity contribution in [2.75, 3.05) is 6.61 Å². The van der Waals surface area contributed by atoms with Gasteiger partial charge in [0.25, 0.3) is 5.91 Å². The molecule has 0 saturated heterocycles. The van der Waals surface area contributed by atoms with Gasteiger partial charge in [-0.15, -0.1) is 0 Å². The number of halogens is 1. The van der Waals surface area contributed by atoms with Crippen LogP contribution in [0.25, 0.3) is 0 Å². The molecule has 1 aromatic carbocycles. The molecule has 0 aliphatic carbocycles. The number of benzene rings is 1. The van der Waals surface area contributed by atoms with Crippen molar-refractivity contribution in [2.24, 2.45) is 5.73 Å². The fraction of sp³-hybridized carbons (Fsp3) is 0.200. The van der Waals surface area contributed by atoms with Gasteiger partial charge in [0.15, 0.2) is 6.61 Å². The van der Waals surface area contributed by atoms with E-state index in [1.807, 2.05) is 5.48 Å². The van der Waals surface area contributed by atoms with Gasteiger partial charge in [-0.25, -0.2) is 9.87 Å². The minimum Gasteiger partial charge on any atom is -0.368 e. The van der Waals surface area contributed by atoms with Gasteiger partial charge in [-0.05, 0) is 30.7 Å². The quantitative estimate of drug-likeness (QED) is 0.723. The third kappa shape index (κ3) is 3.32. The number of carbonyl (C=O) groups is 2. The van der Waals surface area contributed by atoms with Crippen molar-refractivity contribution in [2.45, 2.75) is 6.92 Å². The number of primary amides is 1.